The van der Waals surface area contributed by atoms with E-state index in [1.54, 1.807) is 0 Å². The average molecular weight is 585 g/mol. The minimum atomic E-state index is -1.26. The van der Waals surface area contributed by atoms with Gasteiger partial charge in [0.15, 0.2) is 0 Å². The Labute approximate surface area is 253 Å². The number of carbonyl (C=O) groups is 3. The zero-order chi connectivity index (χ0) is 30.4. The summed E-state index contributed by atoms with van der Waals surface area (Å²) in [5.74, 6) is -0.667. The predicted octanol–water partition coefficient (Wildman–Crippen LogP) is 5.32. The molecule has 0 unspecified atom stereocenters. The summed E-state index contributed by atoms with van der Waals surface area (Å²) in [6.45, 7) is 5.74. The maximum Gasteiger partial charge on any atom is 0.328 e. The number of fused-ring (bicyclic) bond motifs is 1. The van der Waals surface area contributed by atoms with Crippen molar-refractivity contribution in [1.29, 1.82) is 0 Å². The van der Waals surface area contributed by atoms with Crippen LogP contribution in [0.15, 0.2) is 91.0 Å². The summed E-state index contributed by atoms with van der Waals surface area (Å²) >= 11 is 0. The molecule has 3 aromatic carbocycles. The van der Waals surface area contributed by atoms with Gasteiger partial charge in [0, 0.05) is 37.3 Å². The van der Waals surface area contributed by atoms with E-state index in [1.165, 1.54) is 29.5 Å². The lowest BCUT2D eigenvalue weighted by Crippen LogP contribution is -2.39. The van der Waals surface area contributed by atoms with Crippen molar-refractivity contribution >= 4 is 17.8 Å². The topological polar surface area (TPSA) is 107 Å². The minimum Gasteiger partial charge on any atom is -0.493 e. The van der Waals surface area contributed by atoms with Gasteiger partial charge in [-0.25, -0.2) is 9.59 Å². The number of ether oxygens (including phenoxy) is 1. The second kappa shape index (κ2) is 16.3. The van der Waals surface area contributed by atoms with Gasteiger partial charge >= 0.3 is 11.9 Å². The van der Waals surface area contributed by atoms with Crippen LogP contribution in [0.4, 0.5) is 0 Å². The van der Waals surface area contributed by atoms with Crippen LogP contribution in [0.25, 0.3) is 0 Å². The maximum atomic E-state index is 12.7. The molecular weight excluding hydrogens is 544 g/mol. The molecule has 0 atom stereocenters. The quantitative estimate of drug-likeness (QED) is 0.219. The molecular formula is C35H40N2O6. The third-order valence-corrected chi connectivity index (χ3v) is 7.83. The number of benzene rings is 3. The molecule has 0 saturated carbocycles. The van der Waals surface area contributed by atoms with Gasteiger partial charge in [-0.05, 0) is 79.9 Å². The summed E-state index contributed by atoms with van der Waals surface area (Å²) in [5, 5.41) is 15.6. The van der Waals surface area contributed by atoms with Crippen molar-refractivity contribution in [1.82, 2.24) is 9.80 Å². The van der Waals surface area contributed by atoms with Crippen molar-refractivity contribution in [3.63, 3.8) is 0 Å². The van der Waals surface area contributed by atoms with Gasteiger partial charge in [0.1, 0.15) is 5.75 Å². The van der Waals surface area contributed by atoms with E-state index in [1.807, 2.05) is 23.1 Å². The highest BCUT2D eigenvalue weighted by Crippen LogP contribution is 2.26. The van der Waals surface area contributed by atoms with E-state index in [4.69, 9.17) is 14.9 Å². The number of piperidine rings is 1. The normalized spacial score (nSPS) is 15.2. The number of hydrogen-bond donors (Lipinski definition) is 2. The highest BCUT2D eigenvalue weighted by atomic mass is 16.5. The number of rotatable bonds is 12. The molecule has 1 saturated heterocycles. The van der Waals surface area contributed by atoms with Crippen molar-refractivity contribution in [3.8, 4) is 5.75 Å². The van der Waals surface area contributed by atoms with E-state index in [2.05, 4.69) is 65.6 Å². The van der Waals surface area contributed by atoms with Gasteiger partial charge in [-0.1, -0.05) is 66.7 Å². The van der Waals surface area contributed by atoms with Gasteiger partial charge in [0.25, 0.3) is 5.91 Å². The molecule has 0 aromatic heterocycles. The minimum absolute atomic E-state index is 0.212. The number of aliphatic carboxylic acids is 2. The van der Waals surface area contributed by atoms with Gasteiger partial charge in [-0.3, -0.25) is 4.79 Å². The van der Waals surface area contributed by atoms with E-state index in [-0.39, 0.29) is 5.91 Å². The fourth-order valence-electron chi connectivity index (χ4n) is 5.55. The molecule has 0 bridgehead atoms. The SMILES string of the molecule is O=C(O)C=CC(=O)O.O=C1c2ccccc2CN1CC1CCN(CCCOc2ccccc2CCc2ccccc2)CC1. The van der Waals surface area contributed by atoms with E-state index < -0.39 is 11.9 Å². The first-order valence-electron chi connectivity index (χ1n) is 14.9. The number of likely N-dealkylation sites (tertiary alicyclic amines) is 1. The van der Waals surface area contributed by atoms with Gasteiger partial charge < -0.3 is 24.7 Å². The van der Waals surface area contributed by atoms with E-state index in [9.17, 15) is 14.4 Å². The van der Waals surface area contributed by atoms with Crippen molar-refractivity contribution in [2.24, 2.45) is 5.92 Å². The van der Waals surface area contributed by atoms with Crippen LogP contribution in [0.3, 0.4) is 0 Å². The van der Waals surface area contributed by atoms with E-state index in [0.29, 0.717) is 18.1 Å². The second-order valence-electron chi connectivity index (χ2n) is 10.9. The molecule has 5 rings (SSSR count). The Morgan fingerprint density at radius 3 is 2.19 bits per heavy atom. The summed E-state index contributed by atoms with van der Waals surface area (Å²) in [5.41, 5.74) is 4.73. The average Bonchev–Trinajstić information content (AvgIpc) is 3.34. The summed E-state index contributed by atoms with van der Waals surface area (Å²) in [7, 11) is 0. The van der Waals surface area contributed by atoms with Gasteiger partial charge in [0.05, 0.1) is 6.61 Å². The van der Waals surface area contributed by atoms with Crippen LogP contribution in [0, 0.1) is 5.92 Å². The molecule has 2 N–H and O–H groups in total. The smallest absolute Gasteiger partial charge is 0.328 e. The first-order valence-corrected chi connectivity index (χ1v) is 14.9. The Morgan fingerprint density at radius 2 is 1.49 bits per heavy atom. The Bertz CT molecular complexity index is 1370. The molecule has 43 heavy (non-hydrogen) atoms. The summed E-state index contributed by atoms with van der Waals surface area (Å²) in [6.07, 6.45) is 6.53. The number of carboxylic acids is 2. The lowest BCUT2D eigenvalue weighted by molar-refractivity contribution is -0.134. The lowest BCUT2D eigenvalue weighted by Gasteiger charge is -2.33. The van der Waals surface area contributed by atoms with E-state index >= 15 is 0 Å². The standard InChI is InChI=1S/C31H36N2O2.C4H4O4/c34-31-29-13-6-4-12-28(29)24-33(31)23-26-17-20-32(21-18-26)19-8-22-35-30-14-7-5-11-27(30)16-15-25-9-2-1-3-10-25;5-3(6)1-2-4(7)8/h1-7,9-14,26H,8,15-24H2;1-2H,(H,5,6)(H,7,8). The Kier molecular flexibility index (Phi) is 11.9. The Morgan fingerprint density at radius 1 is 0.837 bits per heavy atom. The number of amides is 1. The number of carboxylic acid groups (broad SMARTS) is 2. The first-order chi connectivity index (χ1) is 20.9. The van der Waals surface area contributed by atoms with Crippen LogP contribution in [0.5, 0.6) is 5.75 Å². The van der Waals surface area contributed by atoms with Gasteiger partial charge in [0.2, 0.25) is 0 Å². The largest absolute Gasteiger partial charge is 0.493 e. The highest BCUT2D eigenvalue weighted by molar-refractivity contribution is 5.98. The van der Waals surface area contributed by atoms with Gasteiger partial charge in [-0.15, -0.1) is 0 Å². The molecule has 1 fully saturated rings. The van der Waals surface area contributed by atoms with Crippen LogP contribution in [0.2, 0.25) is 0 Å². The molecule has 1 amide bonds. The number of hydrogen-bond acceptors (Lipinski definition) is 5. The molecule has 8 heteroatoms. The third kappa shape index (κ3) is 10.1. The first kappa shape index (κ1) is 31.5. The number of nitrogens with zero attached hydrogens (tertiary/aromatic N) is 2. The zero-order valence-corrected chi connectivity index (χ0v) is 24.4. The fraction of sp³-hybridized carbons (Fsp3) is 0.343. The molecule has 2 aliphatic heterocycles. The second-order valence-corrected chi connectivity index (χ2v) is 10.9. The molecule has 3 aromatic rings. The van der Waals surface area contributed by atoms with Crippen molar-refractivity contribution < 1.29 is 29.3 Å². The van der Waals surface area contributed by atoms with Crippen molar-refractivity contribution in [3.05, 3.63) is 113 Å². The van der Waals surface area contributed by atoms with Crippen molar-refractivity contribution in [2.75, 3.05) is 32.8 Å². The Balaban J connectivity index is 0.000000467. The predicted molar refractivity (Wildman–Crippen MR) is 165 cm³/mol. The number of aryl methyl sites for hydroxylation is 2. The number of para-hydroxylation sites is 1. The monoisotopic (exact) mass is 584 g/mol. The van der Waals surface area contributed by atoms with Gasteiger partial charge in [-0.2, -0.15) is 0 Å². The number of carbonyl (C=O) groups excluding carboxylic acids is 1. The third-order valence-electron chi connectivity index (χ3n) is 7.83. The van der Waals surface area contributed by atoms with Crippen LogP contribution in [-0.2, 0) is 29.0 Å². The fourth-order valence-corrected chi connectivity index (χ4v) is 5.55. The molecule has 2 heterocycles. The summed E-state index contributed by atoms with van der Waals surface area (Å²) in [6, 6.07) is 27.1. The van der Waals surface area contributed by atoms with Crippen molar-refractivity contribution in [2.45, 2.75) is 38.6 Å². The maximum absolute atomic E-state index is 12.7. The van der Waals surface area contributed by atoms with Crippen LogP contribution in [-0.4, -0.2) is 70.6 Å². The molecule has 0 radical (unpaired) electrons. The van der Waals surface area contributed by atoms with E-state index in [0.717, 1.165) is 69.9 Å². The van der Waals surface area contributed by atoms with Crippen LogP contribution >= 0.6 is 0 Å². The zero-order valence-electron chi connectivity index (χ0n) is 24.4. The molecule has 0 spiro atoms. The highest BCUT2D eigenvalue weighted by Gasteiger charge is 2.30. The van der Waals surface area contributed by atoms with Crippen LogP contribution < -0.4 is 4.74 Å². The Hall–Kier alpha value is -4.43. The molecule has 0 aliphatic carbocycles. The van der Waals surface area contributed by atoms with Crippen LogP contribution in [0.1, 0.15) is 46.3 Å². The lowest BCUT2D eigenvalue weighted by atomic mass is 9.96. The summed E-state index contributed by atoms with van der Waals surface area (Å²) in [4.78, 5) is 36.4. The molecule has 226 valence electrons. The molecule has 2 aliphatic rings. The molecule has 8 nitrogen and oxygen atoms in total. The summed E-state index contributed by atoms with van der Waals surface area (Å²) < 4.78 is 6.20.